The number of hydrogen-bond acceptors (Lipinski definition) is 6. The van der Waals surface area contributed by atoms with Crippen molar-refractivity contribution in [3.63, 3.8) is 0 Å². The van der Waals surface area contributed by atoms with Gasteiger partial charge in [0.1, 0.15) is 17.7 Å². The van der Waals surface area contributed by atoms with Gasteiger partial charge in [-0.3, -0.25) is 9.59 Å². The normalized spacial score (nSPS) is 13.6. The summed E-state index contributed by atoms with van der Waals surface area (Å²) in [6, 6.07) is 3.56. The molecule has 1 aromatic carbocycles. The lowest BCUT2D eigenvalue weighted by molar-refractivity contribution is -0.143. The molecule has 2 unspecified atom stereocenters. The molecule has 0 saturated heterocycles. The zero-order chi connectivity index (χ0) is 25.6. The van der Waals surface area contributed by atoms with Gasteiger partial charge in [0.15, 0.2) is 0 Å². The van der Waals surface area contributed by atoms with Gasteiger partial charge in [-0.1, -0.05) is 18.2 Å². The van der Waals surface area contributed by atoms with Crippen LogP contribution in [0.2, 0.25) is 0 Å². The molecule has 186 valence electrons. The monoisotopic (exact) mass is 481 g/mol. The van der Waals surface area contributed by atoms with E-state index in [2.05, 4.69) is 23.3 Å². The van der Waals surface area contributed by atoms with Crippen LogP contribution < -0.4 is 10.6 Å². The van der Waals surface area contributed by atoms with Gasteiger partial charge < -0.3 is 25.4 Å². The number of nitrogens with one attached hydrogen (secondary N) is 2. The summed E-state index contributed by atoms with van der Waals surface area (Å²) in [6.45, 7) is 14.0. The van der Waals surface area contributed by atoms with E-state index in [9.17, 15) is 19.5 Å². The lowest BCUT2D eigenvalue weighted by Gasteiger charge is -2.36. The highest BCUT2D eigenvalue weighted by Gasteiger charge is 2.37. The summed E-state index contributed by atoms with van der Waals surface area (Å²) in [5, 5.41) is 15.3. The minimum absolute atomic E-state index is 0.0135. The van der Waals surface area contributed by atoms with E-state index in [0.717, 1.165) is 11.1 Å². The molecule has 0 aliphatic carbocycles. The molecule has 0 heterocycles. The summed E-state index contributed by atoms with van der Waals surface area (Å²) in [6.07, 6.45) is -0.762. The third kappa shape index (κ3) is 8.89. The Bertz CT molecular complexity index is 825. The Labute approximate surface area is 202 Å². The number of carbonyl (C=O) groups is 3. The van der Waals surface area contributed by atoms with Gasteiger partial charge in [-0.05, 0) is 72.1 Å². The van der Waals surface area contributed by atoms with E-state index in [0.29, 0.717) is 5.56 Å². The Kier molecular flexibility index (Phi) is 10.2. The SMILES string of the molecule is Cc1cccc(C)c1C(C(=O)NC(C)(C)C)N(CCO)C(=O)C(CS)NC(=O)OC(C)(C)C. The summed E-state index contributed by atoms with van der Waals surface area (Å²) in [5.41, 5.74) is 1.06. The maximum atomic E-state index is 13.6. The third-order valence-electron chi connectivity index (χ3n) is 4.67. The number of aryl methyl sites for hydroxylation is 2. The second kappa shape index (κ2) is 11.7. The van der Waals surface area contributed by atoms with Crippen molar-refractivity contribution >= 4 is 30.5 Å². The average Bonchev–Trinajstić information content (AvgIpc) is 2.64. The molecule has 0 fully saturated rings. The lowest BCUT2D eigenvalue weighted by Crippen LogP contribution is -2.56. The topological polar surface area (TPSA) is 108 Å². The van der Waals surface area contributed by atoms with Gasteiger partial charge in [0.25, 0.3) is 0 Å². The number of thiol groups is 1. The molecule has 33 heavy (non-hydrogen) atoms. The van der Waals surface area contributed by atoms with Gasteiger partial charge in [0.05, 0.1) is 6.61 Å². The lowest BCUT2D eigenvalue weighted by atomic mass is 9.93. The molecule has 0 aliphatic heterocycles. The molecular formula is C24H39N3O5S. The minimum atomic E-state index is -1.05. The molecule has 0 aromatic heterocycles. The van der Waals surface area contributed by atoms with Crippen LogP contribution in [0.25, 0.3) is 0 Å². The molecule has 3 N–H and O–H groups in total. The largest absolute Gasteiger partial charge is 0.444 e. The molecular weight excluding hydrogens is 442 g/mol. The van der Waals surface area contributed by atoms with Gasteiger partial charge in [-0.15, -0.1) is 0 Å². The summed E-state index contributed by atoms with van der Waals surface area (Å²) < 4.78 is 5.27. The number of ether oxygens (including phenoxy) is 1. The molecule has 1 aromatic rings. The first-order chi connectivity index (χ1) is 15.1. The smallest absolute Gasteiger partial charge is 0.408 e. The van der Waals surface area contributed by atoms with Gasteiger partial charge in [-0.2, -0.15) is 12.6 Å². The highest BCUT2D eigenvalue weighted by atomic mass is 32.1. The fraction of sp³-hybridized carbons (Fsp3) is 0.625. The average molecular weight is 482 g/mol. The highest BCUT2D eigenvalue weighted by Crippen LogP contribution is 2.29. The zero-order valence-corrected chi connectivity index (χ0v) is 21.9. The van der Waals surface area contributed by atoms with Crippen LogP contribution in [-0.4, -0.2) is 64.0 Å². The summed E-state index contributed by atoms with van der Waals surface area (Å²) in [4.78, 5) is 40.7. The molecule has 0 aliphatic rings. The van der Waals surface area contributed by atoms with E-state index < -0.39 is 35.2 Å². The van der Waals surface area contributed by atoms with Crippen molar-refractivity contribution in [1.82, 2.24) is 15.5 Å². The summed E-state index contributed by atoms with van der Waals surface area (Å²) >= 11 is 4.24. The van der Waals surface area contributed by atoms with Crippen LogP contribution in [0.5, 0.6) is 0 Å². The van der Waals surface area contributed by atoms with Crippen molar-refractivity contribution < 1.29 is 24.2 Å². The van der Waals surface area contributed by atoms with Crippen molar-refractivity contribution in [2.24, 2.45) is 0 Å². The van der Waals surface area contributed by atoms with Gasteiger partial charge >= 0.3 is 6.09 Å². The first kappa shape index (κ1) is 28.8. The third-order valence-corrected chi connectivity index (χ3v) is 5.03. The second-order valence-corrected chi connectivity index (χ2v) is 10.4. The number of nitrogens with zero attached hydrogens (tertiary/aromatic N) is 1. The molecule has 2 atom stereocenters. The highest BCUT2D eigenvalue weighted by molar-refractivity contribution is 7.80. The number of carbonyl (C=O) groups excluding carboxylic acids is 3. The fourth-order valence-electron chi connectivity index (χ4n) is 3.43. The minimum Gasteiger partial charge on any atom is -0.444 e. The molecule has 8 nitrogen and oxygen atoms in total. The Morgan fingerprint density at radius 1 is 1.09 bits per heavy atom. The van der Waals surface area contributed by atoms with Crippen LogP contribution in [0.15, 0.2) is 18.2 Å². The number of alkyl carbamates (subject to hydrolysis) is 1. The number of benzene rings is 1. The molecule has 0 spiro atoms. The first-order valence-corrected chi connectivity index (χ1v) is 11.6. The van der Waals surface area contributed by atoms with Gasteiger partial charge in [0, 0.05) is 17.8 Å². The van der Waals surface area contributed by atoms with Crippen molar-refractivity contribution in [1.29, 1.82) is 0 Å². The Morgan fingerprint density at radius 3 is 2.06 bits per heavy atom. The van der Waals surface area contributed by atoms with E-state index in [1.54, 1.807) is 20.8 Å². The molecule has 0 bridgehead atoms. The molecule has 9 heteroatoms. The number of hydrogen-bond donors (Lipinski definition) is 4. The number of amides is 3. The fourth-order valence-corrected chi connectivity index (χ4v) is 3.68. The predicted octanol–water partition coefficient (Wildman–Crippen LogP) is 2.90. The summed E-state index contributed by atoms with van der Waals surface area (Å²) in [7, 11) is 0. The van der Waals surface area contributed by atoms with Crippen LogP contribution in [-0.2, 0) is 14.3 Å². The van der Waals surface area contributed by atoms with Crippen LogP contribution in [0, 0.1) is 13.8 Å². The van der Waals surface area contributed by atoms with Crippen molar-refractivity contribution in [2.45, 2.75) is 78.6 Å². The maximum Gasteiger partial charge on any atom is 0.408 e. The Balaban J connectivity index is 3.47. The maximum absolute atomic E-state index is 13.6. The molecule has 0 saturated carbocycles. The first-order valence-electron chi connectivity index (χ1n) is 11.0. The van der Waals surface area contributed by atoms with Gasteiger partial charge in [-0.25, -0.2) is 4.79 Å². The number of rotatable bonds is 8. The van der Waals surface area contributed by atoms with Crippen LogP contribution in [0.1, 0.15) is 64.3 Å². The second-order valence-electron chi connectivity index (χ2n) is 10.1. The Hall–Kier alpha value is -2.26. The van der Waals surface area contributed by atoms with Gasteiger partial charge in [0.2, 0.25) is 11.8 Å². The van der Waals surface area contributed by atoms with Crippen LogP contribution in [0.3, 0.4) is 0 Å². The predicted molar refractivity (Wildman–Crippen MR) is 132 cm³/mol. The quantitative estimate of drug-likeness (QED) is 0.427. The van der Waals surface area contributed by atoms with E-state index in [1.165, 1.54) is 4.90 Å². The number of aliphatic hydroxyl groups excluding tert-OH is 1. The van der Waals surface area contributed by atoms with Crippen LogP contribution in [0.4, 0.5) is 4.79 Å². The van der Waals surface area contributed by atoms with Crippen molar-refractivity contribution in [3.05, 3.63) is 34.9 Å². The molecule has 3 amide bonds. The van der Waals surface area contributed by atoms with Crippen LogP contribution >= 0.6 is 12.6 Å². The van der Waals surface area contributed by atoms with E-state index in [-0.39, 0.29) is 24.8 Å². The molecule has 0 radical (unpaired) electrons. The van der Waals surface area contributed by atoms with Crippen molar-refractivity contribution in [3.8, 4) is 0 Å². The van der Waals surface area contributed by atoms with E-state index >= 15 is 0 Å². The van der Waals surface area contributed by atoms with Crippen molar-refractivity contribution in [2.75, 3.05) is 18.9 Å². The molecule has 1 rings (SSSR count). The van der Waals surface area contributed by atoms with E-state index in [4.69, 9.17) is 4.74 Å². The van der Waals surface area contributed by atoms with E-state index in [1.807, 2.05) is 52.8 Å². The standard InChI is InChI=1S/C24H39N3O5S/c1-15-10-9-11-16(2)18(15)19(20(29)26-23(3,4)5)27(12-13-28)21(30)17(14-33)25-22(31)32-24(6,7)8/h9-11,17,19,28,33H,12-14H2,1-8H3,(H,25,31)(H,26,29). The summed E-state index contributed by atoms with van der Waals surface area (Å²) in [5.74, 6) is -0.932. The zero-order valence-electron chi connectivity index (χ0n) is 21.0. The number of aliphatic hydroxyl groups is 1. The Morgan fingerprint density at radius 2 is 1.64 bits per heavy atom.